The lowest BCUT2D eigenvalue weighted by Gasteiger charge is -2.23. The van der Waals surface area contributed by atoms with Crippen LogP contribution in [0.4, 0.5) is 0 Å². The summed E-state index contributed by atoms with van der Waals surface area (Å²) in [6.07, 6.45) is 2.72. The average Bonchev–Trinajstić information content (AvgIpc) is 2.26. The molecule has 0 saturated carbocycles. The third kappa shape index (κ3) is 3.23. The van der Waals surface area contributed by atoms with E-state index in [0.717, 1.165) is 0 Å². The van der Waals surface area contributed by atoms with E-state index in [4.69, 9.17) is 30.0 Å². The Morgan fingerprint density at radius 3 is 2.43 bits per heavy atom. The van der Waals surface area contributed by atoms with Crippen LogP contribution in [-0.2, 0) is 30.0 Å². The average molecular weight is 227 g/mol. The van der Waals surface area contributed by atoms with E-state index < -0.39 is 5.97 Å². The molecule has 14 heavy (non-hydrogen) atoms. The maximum atomic E-state index is 11.4. The first kappa shape index (κ1) is 11.4. The van der Waals surface area contributed by atoms with Gasteiger partial charge in [-0.2, -0.15) is 0 Å². The van der Waals surface area contributed by atoms with Crippen molar-refractivity contribution < 1.29 is 9.53 Å². The first-order valence-corrected chi connectivity index (χ1v) is 5.20. The van der Waals surface area contributed by atoms with E-state index in [-0.39, 0.29) is 6.10 Å². The first-order valence-electron chi connectivity index (χ1n) is 4.05. The Labute approximate surface area is 93.7 Å². The highest BCUT2D eigenvalue weighted by atomic mass is 32.1. The summed E-state index contributed by atoms with van der Waals surface area (Å²) in [6.45, 7) is 0. The van der Waals surface area contributed by atoms with Gasteiger partial charge in [0.05, 0.1) is 11.7 Å². The second-order valence-electron chi connectivity index (χ2n) is 2.60. The Kier molecular flexibility index (Phi) is 4.82. The number of carbonyl (C=O) groups is 1. The minimum atomic E-state index is -0.396. The van der Waals surface area contributed by atoms with Gasteiger partial charge in [-0.1, -0.05) is 0 Å². The maximum Gasteiger partial charge on any atom is 0.338 e. The second-order valence-corrected chi connectivity index (χ2v) is 3.26. The Bertz CT molecular complexity index is 288. The van der Waals surface area contributed by atoms with Crippen molar-refractivity contribution in [1.82, 2.24) is 4.98 Å². The van der Waals surface area contributed by atoms with Crippen LogP contribution in [0.3, 0.4) is 0 Å². The minimum Gasteiger partial charge on any atom is -0.789 e. The van der Waals surface area contributed by atoms with E-state index in [1.807, 2.05) is 0 Å². The van der Waals surface area contributed by atoms with Crippen LogP contribution in [0.5, 0.6) is 0 Å². The van der Waals surface area contributed by atoms with Gasteiger partial charge in [0, 0.05) is 12.4 Å². The smallest absolute Gasteiger partial charge is 0.338 e. The zero-order valence-corrected chi connectivity index (χ0v) is 9.01. The molecular formula is C9H9NO2S2-2. The lowest BCUT2D eigenvalue weighted by molar-refractivity contribution is 0.0394. The molecule has 1 heterocycles. The molecule has 0 aliphatic rings. The third-order valence-corrected chi connectivity index (χ3v) is 2.31. The van der Waals surface area contributed by atoms with Gasteiger partial charge in [-0.3, -0.25) is 4.98 Å². The first-order chi connectivity index (χ1) is 6.77. The Morgan fingerprint density at radius 2 is 1.93 bits per heavy atom. The fourth-order valence-electron chi connectivity index (χ4n) is 0.824. The molecule has 0 fully saturated rings. The number of esters is 1. The summed E-state index contributed by atoms with van der Waals surface area (Å²) < 4.78 is 5.06. The summed E-state index contributed by atoms with van der Waals surface area (Å²) in [5.74, 6) is 0.271. The van der Waals surface area contributed by atoms with Gasteiger partial charge >= 0.3 is 5.97 Å². The number of aromatic nitrogens is 1. The summed E-state index contributed by atoms with van der Waals surface area (Å²) in [5.41, 5.74) is 0.469. The molecule has 0 unspecified atom stereocenters. The van der Waals surface area contributed by atoms with Gasteiger partial charge in [0.25, 0.3) is 0 Å². The Balaban J connectivity index is 2.59. The molecule has 1 aromatic heterocycles. The summed E-state index contributed by atoms with van der Waals surface area (Å²) in [4.78, 5) is 15.2. The lowest BCUT2D eigenvalue weighted by Crippen LogP contribution is -2.23. The van der Waals surface area contributed by atoms with Crippen molar-refractivity contribution in [2.75, 3.05) is 11.5 Å². The van der Waals surface area contributed by atoms with Crippen LogP contribution in [0.15, 0.2) is 24.5 Å². The van der Waals surface area contributed by atoms with E-state index in [2.05, 4.69) is 4.98 Å². The van der Waals surface area contributed by atoms with E-state index in [9.17, 15) is 4.79 Å². The molecule has 0 radical (unpaired) electrons. The third-order valence-electron chi connectivity index (χ3n) is 1.56. The molecule has 0 atom stereocenters. The standard InChI is InChI=1S/C9H11NO2S2/c11-9(12-8(5-13)6-14)7-1-3-10-4-2-7/h1-4,8,13-14H,5-6H2/p-2. The Hall–Kier alpha value is -0.680. The highest BCUT2D eigenvalue weighted by Crippen LogP contribution is 2.02. The molecule has 0 spiro atoms. The van der Waals surface area contributed by atoms with Gasteiger partial charge in [-0.25, -0.2) is 4.79 Å². The molecule has 5 heteroatoms. The molecule has 3 nitrogen and oxygen atoms in total. The molecule has 1 aromatic rings. The van der Waals surface area contributed by atoms with E-state index in [0.29, 0.717) is 17.1 Å². The van der Waals surface area contributed by atoms with Gasteiger partial charge < -0.3 is 30.0 Å². The van der Waals surface area contributed by atoms with Crippen LogP contribution in [0.25, 0.3) is 0 Å². The van der Waals surface area contributed by atoms with Crippen molar-refractivity contribution in [3.05, 3.63) is 30.1 Å². The maximum absolute atomic E-state index is 11.4. The van der Waals surface area contributed by atoms with Crippen molar-refractivity contribution in [2.45, 2.75) is 6.10 Å². The fraction of sp³-hybridized carbons (Fsp3) is 0.333. The van der Waals surface area contributed by atoms with Gasteiger partial charge in [0.15, 0.2) is 0 Å². The van der Waals surface area contributed by atoms with Crippen LogP contribution in [-0.4, -0.2) is 28.6 Å². The molecule has 0 N–H and O–H groups in total. The molecule has 0 aromatic carbocycles. The highest BCUT2D eigenvalue weighted by Gasteiger charge is 2.08. The zero-order chi connectivity index (χ0) is 10.4. The van der Waals surface area contributed by atoms with Crippen molar-refractivity contribution >= 4 is 31.2 Å². The number of hydrogen-bond acceptors (Lipinski definition) is 5. The van der Waals surface area contributed by atoms with Crippen molar-refractivity contribution in [3.63, 3.8) is 0 Å². The number of rotatable bonds is 4. The van der Waals surface area contributed by atoms with Crippen LogP contribution in [0.1, 0.15) is 10.4 Å². The molecule has 1 rings (SSSR count). The van der Waals surface area contributed by atoms with Crippen LogP contribution in [0, 0.1) is 0 Å². The van der Waals surface area contributed by atoms with Gasteiger partial charge in [-0.05, 0) is 12.1 Å². The summed E-state index contributed by atoms with van der Waals surface area (Å²) in [6, 6.07) is 3.18. The summed E-state index contributed by atoms with van der Waals surface area (Å²) in [7, 11) is 0. The van der Waals surface area contributed by atoms with E-state index in [1.165, 1.54) is 12.4 Å². The number of hydrogen-bond donors (Lipinski definition) is 0. The van der Waals surface area contributed by atoms with Crippen molar-refractivity contribution in [3.8, 4) is 0 Å². The minimum absolute atomic E-state index is 0.334. The van der Waals surface area contributed by atoms with Gasteiger partial charge in [-0.15, -0.1) is 11.5 Å². The molecular weight excluding hydrogens is 218 g/mol. The van der Waals surface area contributed by atoms with E-state index >= 15 is 0 Å². The molecule has 0 saturated heterocycles. The molecule has 0 aliphatic heterocycles. The fourth-order valence-corrected chi connectivity index (χ4v) is 1.34. The monoisotopic (exact) mass is 227 g/mol. The van der Waals surface area contributed by atoms with E-state index in [1.54, 1.807) is 12.1 Å². The van der Waals surface area contributed by atoms with Crippen LogP contribution >= 0.6 is 0 Å². The normalized spacial score (nSPS) is 10.2. The molecule has 0 amide bonds. The SMILES string of the molecule is O=C(OC(C[S-])C[S-])c1ccncc1. The van der Waals surface area contributed by atoms with Crippen molar-refractivity contribution in [1.29, 1.82) is 0 Å². The topological polar surface area (TPSA) is 39.2 Å². The second kappa shape index (κ2) is 5.93. The Morgan fingerprint density at radius 1 is 1.36 bits per heavy atom. The molecule has 0 aliphatic carbocycles. The zero-order valence-electron chi connectivity index (χ0n) is 7.38. The predicted octanol–water partition coefficient (Wildman–Crippen LogP) is 0.701. The number of pyridine rings is 1. The largest absolute Gasteiger partial charge is 0.789 e. The number of ether oxygens (including phenoxy) is 1. The van der Waals surface area contributed by atoms with Crippen LogP contribution < -0.4 is 0 Å². The quantitative estimate of drug-likeness (QED) is 0.559. The number of nitrogens with zero attached hydrogens (tertiary/aromatic N) is 1. The summed E-state index contributed by atoms with van der Waals surface area (Å²) in [5, 5.41) is 0. The van der Waals surface area contributed by atoms with Crippen LogP contribution in [0.2, 0.25) is 0 Å². The lowest BCUT2D eigenvalue weighted by atomic mass is 10.3. The molecule has 0 bridgehead atoms. The predicted molar refractivity (Wildman–Crippen MR) is 57.9 cm³/mol. The van der Waals surface area contributed by atoms with Gasteiger partial charge in [0.2, 0.25) is 0 Å². The molecule has 76 valence electrons. The highest BCUT2D eigenvalue weighted by molar-refractivity contribution is 7.59. The summed E-state index contributed by atoms with van der Waals surface area (Å²) >= 11 is 9.57. The van der Waals surface area contributed by atoms with Gasteiger partial charge in [0.1, 0.15) is 0 Å². The number of carbonyl (C=O) groups excluding carboxylic acids is 1. The van der Waals surface area contributed by atoms with Crippen molar-refractivity contribution in [2.24, 2.45) is 0 Å².